The first-order valence-electron chi connectivity index (χ1n) is 16.8. The Labute approximate surface area is 257 Å². The highest BCUT2D eigenvalue weighted by atomic mass is 16.7. The zero-order chi connectivity index (χ0) is 31.5. The molecule has 0 unspecified atom stereocenters. The fraction of sp³-hybridized carbons (Fsp3) is 0.914. The van der Waals surface area contributed by atoms with Crippen molar-refractivity contribution in [2.45, 2.75) is 143 Å². The number of rotatable bonds is 2. The third-order valence-electron chi connectivity index (χ3n) is 14.7. The second-order valence-corrected chi connectivity index (χ2v) is 17.5. The van der Waals surface area contributed by atoms with Gasteiger partial charge in [-0.05, 0) is 103 Å². The number of hydrogen-bond acceptors (Lipinski definition) is 8. The van der Waals surface area contributed by atoms with Gasteiger partial charge in [-0.25, -0.2) is 0 Å². The Morgan fingerprint density at radius 2 is 1.53 bits per heavy atom. The van der Waals surface area contributed by atoms with E-state index in [1.807, 2.05) is 0 Å². The summed E-state index contributed by atoms with van der Waals surface area (Å²) in [5.41, 5.74) is -0.392. The van der Waals surface area contributed by atoms with E-state index < -0.39 is 42.1 Å². The molecule has 0 radical (unpaired) electrons. The molecule has 8 heteroatoms. The van der Waals surface area contributed by atoms with Crippen molar-refractivity contribution in [1.29, 1.82) is 0 Å². The molecule has 4 saturated carbocycles. The molecular weight excluding hydrogens is 548 g/mol. The normalized spacial score (nSPS) is 53.8. The summed E-state index contributed by atoms with van der Waals surface area (Å²) in [6.07, 6.45) is 2.71. The van der Waals surface area contributed by atoms with Crippen molar-refractivity contribution < 1.29 is 39.8 Å². The van der Waals surface area contributed by atoms with Crippen LogP contribution in [0.25, 0.3) is 0 Å². The maximum absolute atomic E-state index is 14.3. The topological polar surface area (TPSA) is 137 Å². The summed E-state index contributed by atoms with van der Waals surface area (Å²) in [7, 11) is 0. The Morgan fingerprint density at radius 1 is 0.837 bits per heavy atom. The lowest BCUT2D eigenvalue weighted by Gasteiger charge is -2.71. The molecule has 244 valence electrons. The number of hydrogen-bond donors (Lipinski definition) is 5. The third-order valence-corrected chi connectivity index (χ3v) is 14.7. The minimum absolute atomic E-state index is 0.0284. The predicted octanol–water partition coefficient (Wildman–Crippen LogP) is 4.10. The predicted molar refractivity (Wildman–Crippen MR) is 160 cm³/mol. The first-order chi connectivity index (χ1) is 19.8. The van der Waals surface area contributed by atoms with E-state index in [1.165, 1.54) is 5.57 Å². The Kier molecular flexibility index (Phi) is 7.41. The number of fused-ring (bicyclic) bond motifs is 7. The second-order valence-electron chi connectivity index (χ2n) is 17.5. The number of aliphatic hydroxyl groups excluding tert-OH is 5. The van der Waals surface area contributed by atoms with Gasteiger partial charge < -0.3 is 35.0 Å². The van der Waals surface area contributed by atoms with E-state index in [0.29, 0.717) is 24.7 Å². The third kappa shape index (κ3) is 4.25. The zero-order valence-corrected chi connectivity index (χ0v) is 27.3. The molecule has 6 aliphatic rings. The Hall–Kier alpha value is -1.03. The zero-order valence-electron chi connectivity index (χ0n) is 27.3. The van der Waals surface area contributed by atoms with Crippen LogP contribution >= 0.6 is 0 Å². The number of carbonyl (C=O) groups excluding carboxylic acids is 1. The molecule has 5 aliphatic carbocycles. The molecule has 0 bridgehead atoms. The number of ether oxygens (including phenoxy) is 2. The van der Waals surface area contributed by atoms with Crippen molar-refractivity contribution in [3.63, 3.8) is 0 Å². The van der Waals surface area contributed by atoms with E-state index in [1.54, 1.807) is 0 Å². The Morgan fingerprint density at radius 3 is 2.23 bits per heavy atom. The van der Waals surface area contributed by atoms with Gasteiger partial charge in [0.25, 0.3) is 0 Å². The van der Waals surface area contributed by atoms with Crippen molar-refractivity contribution in [3.05, 3.63) is 11.6 Å². The fourth-order valence-electron chi connectivity index (χ4n) is 11.8. The van der Waals surface area contributed by atoms with E-state index in [2.05, 4.69) is 54.5 Å². The van der Waals surface area contributed by atoms with Gasteiger partial charge in [0.2, 0.25) is 6.29 Å². The van der Waals surface area contributed by atoms with Gasteiger partial charge in [-0.15, -0.1) is 0 Å². The van der Waals surface area contributed by atoms with Gasteiger partial charge in [-0.2, -0.15) is 0 Å². The van der Waals surface area contributed by atoms with Gasteiger partial charge >= 0.3 is 5.97 Å². The van der Waals surface area contributed by atoms with Crippen LogP contribution in [0.1, 0.15) is 106 Å². The lowest BCUT2D eigenvalue weighted by atomic mass is 9.33. The molecule has 6 rings (SSSR count). The van der Waals surface area contributed by atoms with Gasteiger partial charge in [-0.3, -0.25) is 4.79 Å². The molecule has 0 aromatic heterocycles. The fourth-order valence-corrected chi connectivity index (χ4v) is 11.8. The smallest absolute Gasteiger partial charge is 0.317 e. The van der Waals surface area contributed by atoms with Crippen LogP contribution in [0, 0.1) is 50.2 Å². The largest absolute Gasteiger partial charge is 0.432 e. The molecule has 1 saturated heterocycles. The molecule has 1 heterocycles. The highest BCUT2D eigenvalue weighted by molar-refractivity contribution is 5.80. The van der Waals surface area contributed by atoms with E-state index >= 15 is 0 Å². The summed E-state index contributed by atoms with van der Waals surface area (Å²) in [4.78, 5) is 14.3. The highest BCUT2D eigenvalue weighted by Crippen LogP contribution is 2.75. The highest BCUT2D eigenvalue weighted by Gasteiger charge is 2.71. The number of carbonyl (C=O) groups is 1. The van der Waals surface area contributed by atoms with Gasteiger partial charge in [0.05, 0.1) is 18.8 Å². The van der Waals surface area contributed by atoms with Crippen LogP contribution in [0.3, 0.4) is 0 Å². The summed E-state index contributed by atoms with van der Waals surface area (Å²) in [6, 6.07) is 0. The Balaban J connectivity index is 1.39. The van der Waals surface area contributed by atoms with E-state index in [0.717, 1.165) is 44.9 Å². The maximum Gasteiger partial charge on any atom is 0.317 e. The van der Waals surface area contributed by atoms with Crippen molar-refractivity contribution >= 4 is 5.97 Å². The van der Waals surface area contributed by atoms with Crippen LogP contribution in [0.5, 0.6) is 0 Å². The lowest BCUT2D eigenvalue weighted by molar-refractivity contribution is -0.274. The molecule has 1 aliphatic heterocycles. The van der Waals surface area contributed by atoms with E-state index in [-0.39, 0.29) is 45.7 Å². The van der Waals surface area contributed by atoms with Crippen LogP contribution in [-0.4, -0.2) is 74.9 Å². The second kappa shape index (κ2) is 9.98. The summed E-state index contributed by atoms with van der Waals surface area (Å²) < 4.78 is 11.3. The van der Waals surface area contributed by atoms with Crippen molar-refractivity contribution in [2.24, 2.45) is 50.2 Å². The van der Waals surface area contributed by atoms with Crippen LogP contribution in [0.15, 0.2) is 11.6 Å². The first-order valence-corrected chi connectivity index (χ1v) is 16.8. The summed E-state index contributed by atoms with van der Waals surface area (Å²) in [5, 5.41) is 54.0. The van der Waals surface area contributed by atoms with Crippen LogP contribution in [0.2, 0.25) is 0 Å². The SMILES string of the molecule is CC1(C)CC[C@]2(C(=O)O[C@@H]3OC[C@@H](O)[C@@H](O)[C@@H]3O)[C@H](O)C[C@]3(C)C(=CC[C@@H]4[C@@]5(C)CC[C@H](O)C(C)(C)[C@@H]5CC[C@]43C)[C@@H]2C1. The van der Waals surface area contributed by atoms with Crippen molar-refractivity contribution in [2.75, 3.05) is 6.61 Å². The van der Waals surface area contributed by atoms with Crippen molar-refractivity contribution in [1.82, 2.24) is 0 Å². The minimum atomic E-state index is -1.57. The molecule has 0 amide bonds. The molecule has 0 aromatic rings. The minimum Gasteiger partial charge on any atom is -0.432 e. The molecule has 5 N–H and O–H groups in total. The molecular formula is C35H56O8. The first kappa shape index (κ1) is 31.9. The van der Waals surface area contributed by atoms with Crippen LogP contribution in [0.4, 0.5) is 0 Å². The molecule has 43 heavy (non-hydrogen) atoms. The maximum atomic E-state index is 14.3. The summed E-state index contributed by atoms with van der Waals surface area (Å²) in [5.74, 6) is 0.0253. The molecule has 5 fully saturated rings. The van der Waals surface area contributed by atoms with Gasteiger partial charge in [-0.1, -0.05) is 60.1 Å². The molecule has 0 spiro atoms. The van der Waals surface area contributed by atoms with Gasteiger partial charge in [0.15, 0.2) is 0 Å². The van der Waals surface area contributed by atoms with Gasteiger partial charge in [0, 0.05) is 0 Å². The van der Waals surface area contributed by atoms with Crippen LogP contribution in [-0.2, 0) is 14.3 Å². The van der Waals surface area contributed by atoms with Gasteiger partial charge in [0.1, 0.15) is 23.7 Å². The number of esters is 1. The standard InChI is InChI=1S/C35H56O8/c1-30(2)14-15-35(29(41)43-28-27(40)26(39)21(36)18-42-28)20(16-30)19-8-9-23-32(5)12-11-24(37)31(3,4)22(32)10-13-33(23,6)34(19,7)17-25(35)38/h8,20-28,36-40H,9-18H2,1-7H3/t20-,21+,22-,23+,24-,25+,26+,27-,28-,32-,33+,34+,35+/m0/s1. The number of aliphatic hydroxyl groups is 5. The van der Waals surface area contributed by atoms with Crippen molar-refractivity contribution in [3.8, 4) is 0 Å². The van der Waals surface area contributed by atoms with E-state index in [4.69, 9.17) is 9.47 Å². The molecule has 13 atom stereocenters. The Bertz CT molecular complexity index is 1160. The molecule has 0 aromatic carbocycles. The van der Waals surface area contributed by atoms with E-state index in [9.17, 15) is 30.3 Å². The number of allylic oxidation sites excluding steroid dienone is 2. The summed E-state index contributed by atoms with van der Waals surface area (Å²) in [6.45, 7) is 16.0. The summed E-state index contributed by atoms with van der Waals surface area (Å²) >= 11 is 0. The monoisotopic (exact) mass is 604 g/mol. The molecule has 8 nitrogen and oxygen atoms in total. The average molecular weight is 605 g/mol. The van der Waals surface area contributed by atoms with Crippen LogP contribution < -0.4 is 0 Å². The quantitative estimate of drug-likeness (QED) is 0.235. The average Bonchev–Trinajstić information content (AvgIpc) is 2.91. The lowest BCUT2D eigenvalue weighted by Crippen LogP contribution is -2.68.